The van der Waals surface area contributed by atoms with Crippen LogP contribution in [-0.2, 0) is 0 Å². The molecule has 0 fully saturated rings. The SMILES string of the molecule is CC(CN)C(CO)CCCO. The van der Waals surface area contributed by atoms with Crippen molar-refractivity contribution in [2.75, 3.05) is 19.8 Å². The van der Waals surface area contributed by atoms with E-state index in [-0.39, 0.29) is 19.1 Å². The summed E-state index contributed by atoms with van der Waals surface area (Å²) in [6.07, 6.45) is 1.63. The second-order valence-corrected chi connectivity index (χ2v) is 3.02. The highest BCUT2D eigenvalue weighted by molar-refractivity contribution is 4.65. The van der Waals surface area contributed by atoms with Crippen LogP contribution in [0.5, 0.6) is 0 Å². The first-order chi connectivity index (χ1) is 5.26. The van der Waals surface area contributed by atoms with Gasteiger partial charge in [0.2, 0.25) is 0 Å². The van der Waals surface area contributed by atoms with Crippen molar-refractivity contribution < 1.29 is 10.2 Å². The maximum absolute atomic E-state index is 8.92. The van der Waals surface area contributed by atoms with Crippen molar-refractivity contribution in [3.63, 3.8) is 0 Å². The van der Waals surface area contributed by atoms with Crippen LogP contribution in [0.2, 0.25) is 0 Å². The minimum atomic E-state index is 0.179. The summed E-state index contributed by atoms with van der Waals surface area (Å²) in [7, 11) is 0. The summed E-state index contributed by atoms with van der Waals surface area (Å²) in [5.74, 6) is 0.610. The van der Waals surface area contributed by atoms with Gasteiger partial charge in [0.05, 0.1) is 0 Å². The molecule has 0 heterocycles. The van der Waals surface area contributed by atoms with Crippen LogP contribution in [0.25, 0.3) is 0 Å². The zero-order valence-electron chi connectivity index (χ0n) is 7.16. The summed E-state index contributed by atoms with van der Waals surface area (Å²) >= 11 is 0. The maximum atomic E-state index is 8.92. The number of aliphatic hydroxyl groups excluding tert-OH is 2. The molecule has 0 aromatic rings. The van der Waals surface area contributed by atoms with Crippen molar-refractivity contribution in [1.29, 1.82) is 0 Å². The summed E-state index contributed by atoms with van der Waals surface area (Å²) in [6.45, 7) is 3.01. The van der Waals surface area contributed by atoms with Crippen LogP contribution in [0.4, 0.5) is 0 Å². The van der Waals surface area contributed by atoms with Crippen molar-refractivity contribution in [3.05, 3.63) is 0 Å². The Hall–Kier alpha value is -0.120. The highest BCUT2D eigenvalue weighted by atomic mass is 16.3. The Morgan fingerprint density at radius 3 is 2.36 bits per heavy atom. The molecule has 2 atom stereocenters. The van der Waals surface area contributed by atoms with Gasteiger partial charge < -0.3 is 15.9 Å². The molecular weight excluding hydrogens is 142 g/mol. The Morgan fingerprint density at radius 1 is 1.36 bits per heavy atom. The first-order valence-corrected chi connectivity index (χ1v) is 4.18. The van der Waals surface area contributed by atoms with Crippen LogP contribution in [-0.4, -0.2) is 30.0 Å². The van der Waals surface area contributed by atoms with Crippen LogP contribution >= 0.6 is 0 Å². The van der Waals surface area contributed by atoms with Gasteiger partial charge in [0.15, 0.2) is 0 Å². The molecule has 0 bridgehead atoms. The molecule has 2 unspecified atom stereocenters. The van der Waals surface area contributed by atoms with Gasteiger partial charge >= 0.3 is 0 Å². The Morgan fingerprint density at radius 2 is 2.00 bits per heavy atom. The normalized spacial score (nSPS) is 16.4. The molecule has 3 nitrogen and oxygen atoms in total. The van der Waals surface area contributed by atoms with Crippen molar-refractivity contribution in [2.45, 2.75) is 19.8 Å². The first kappa shape index (κ1) is 10.9. The number of hydrogen-bond donors (Lipinski definition) is 3. The first-order valence-electron chi connectivity index (χ1n) is 4.18. The zero-order chi connectivity index (χ0) is 8.69. The van der Waals surface area contributed by atoms with Gasteiger partial charge in [-0.1, -0.05) is 6.92 Å². The summed E-state index contributed by atoms with van der Waals surface area (Å²) in [5, 5.41) is 17.5. The lowest BCUT2D eigenvalue weighted by molar-refractivity contribution is 0.164. The average Bonchev–Trinajstić information content (AvgIpc) is 2.05. The molecule has 11 heavy (non-hydrogen) atoms. The largest absolute Gasteiger partial charge is 0.396 e. The molecule has 0 spiro atoms. The Labute approximate surface area is 68.2 Å². The third kappa shape index (κ3) is 4.35. The van der Waals surface area contributed by atoms with Crippen LogP contribution in [0.15, 0.2) is 0 Å². The van der Waals surface area contributed by atoms with Crippen molar-refractivity contribution in [2.24, 2.45) is 17.6 Å². The van der Waals surface area contributed by atoms with Crippen molar-refractivity contribution >= 4 is 0 Å². The molecule has 0 aromatic heterocycles. The van der Waals surface area contributed by atoms with E-state index in [0.29, 0.717) is 12.5 Å². The molecule has 0 aliphatic rings. The van der Waals surface area contributed by atoms with Gasteiger partial charge in [-0.05, 0) is 31.2 Å². The number of nitrogens with two attached hydrogens (primary N) is 1. The minimum Gasteiger partial charge on any atom is -0.396 e. The molecular formula is C8H19NO2. The lowest BCUT2D eigenvalue weighted by Gasteiger charge is -2.19. The molecule has 0 aromatic carbocycles. The average molecular weight is 161 g/mol. The predicted molar refractivity (Wildman–Crippen MR) is 45.1 cm³/mol. The standard InChI is InChI=1S/C8H19NO2/c1-7(5-9)8(6-11)3-2-4-10/h7-8,10-11H,2-6,9H2,1H3. The smallest absolute Gasteiger partial charge is 0.0462 e. The summed E-state index contributed by atoms with van der Waals surface area (Å²) in [4.78, 5) is 0. The van der Waals surface area contributed by atoms with Gasteiger partial charge in [-0.2, -0.15) is 0 Å². The number of rotatable bonds is 6. The molecule has 0 aliphatic heterocycles. The van der Waals surface area contributed by atoms with E-state index < -0.39 is 0 Å². The maximum Gasteiger partial charge on any atom is 0.0462 e. The van der Waals surface area contributed by atoms with Gasteiger partial charge in [0.25, 0.3) is 0 Å². The fourth-order valence-corrected chi connectivity index (χ4v) is 1.10. The van der Waals surface area contributed by atoms with Crippen LogP contribution < -0.4 is 5.73 Å². The molecule has 4 N–H and O–H groups in total. The molecule has 0 saturated carbocycles. The Balaban J connectivity index is 3.56. The van der Waals surface area contributed by atoms with Gasteiger partial charge in [-0.15, -0.1) is 0 Å². The van der Waals surface area contributed by atoms with Crippen molar-refractivity contribution in [1.82, 2.24) is 0 Å². The van der Waals surface area contributed by atoms with Gasteiger partial charge in [0, 0.05) is 13.2 Å². The van der Waals surface area contributed by atoms with Gasteiger partial charge in [-0.3, -0.25) is 0 Å². The lowest BCUT2D eigenvalue weighted by atomic mass is 9.91. The fourth-order valence-electron chi connectivity index (χ4n) is 1.10. The Bertz CT molecular complexity index is 88.2. The summed E-state index contributed by atoms with van der Waals surface area (Å²) in [6, 6.07) is 0. The second-order valence-electron chi connectivity index (χ2n) is 3.02. The topological polar surface area (TPSA) is 66.5 Å². The predicted octanol–water partition coefficient (Wildman–Crippen LogP) is -0.0378. The lowest BCUT2D eigenvalue weighted by Crippen LogP contribution is -2.23. The molecule has 0 aliphatic carbocycles. The highest BCUT2D eigenvalue weighted by Crippen LogP contribution is 2.15. The minimum absolute atomic E-state index is 0.179. The summed E-state index contributed by atoms with van der Waals surface area (Å²) in [5.41, 5.74) is 5.45. The second kappa shape index (κ2) is 6.58. The van der Waals surface area contributed by atoms with E-state index in [1.165, 1.54) is 0 Å². The van der Waals surface area contributed by atoms with E-state index in [1.54, 1.807) is 0 Å². The third-order valence-corrected chi connectivity index (χ3v) is 2.14. The molecule has 0 radical (unpaired) electrons. The number of aliphatic hydroxyl groups is 2. The highest BCUT2D eigenvalue weighted by Gasteiger charge is 2.13. The van der Waals surface area contributed by atoms with Gasteiger partial charge in [0.1, 0.15) is 0 Å². The fraction of sp³-hybridized carbons (Fsp3) is 1.00. The van der Waals surface area contributed by atoms with Gasteiger partial charge in [-0.25, -0.2) is 0 Å². The van der Waals surface area contributed by atoms with Crippen molar-refractivity contribution in [3.8, 4) is 0 Å². The zero-order valence-corrected chi connectivity index (χ0v) is 7.16. The number of hydrogen-bond acceptors (Lipinski definition) is 3. The Kier molecular flexibility index (Phi) is 6.51. The molecule has 68 valence electrons. The van der Waals surface area contributed by atoms with Crippen LogP contribution in [0, 0.1) is 11.8 Å². The van der Waals surface area contributed by atoms with E-state index in [0.717, 1.165) is 12.8 Å². The van der Waals surface area contributed by atoms with E-state index in [4.69, 9.17) is 15.9 Å². The van der Waals surface area contributed by atoms with E-state index in [2.05, 4.69) is 0 Å². The molecule has 0 amide bonds. The third-order valence-electron chi connectivity index (χ3n) is 2.14. The van der Waals surface area contributed by atoms with Crippen LogP contribution in [0.1, 0.15) is 19.8 Å². The van der Waals surface area contributed by atoms with Crippen LogP contribution in [0.3, 0.4) is 0 Å². The van der Waals surface area contributed by atoms with E-state index in [9.17, 15) is 0 Å². The van der Waals surface area contributed by atoms with E-state index in [1.807, 2.05) is 6.92 Å². The van der Waals surface area contributed by atoms with E-state index >= 15 is 0 Å². The summed E-state index contributed by atoms with van der Waals surface area (Å²) < 4.78 is 0. The molecule has 0 saturated heterocycles. The quantitative estimate of drug-likeness (QED) is 0.512. The molecule has 3 heteroatoms. The monoisotopic (exact) mass is 161 g/mol. The molecule has 0 rings (SSSR count).